The van der Waals surface area contributed by atoms with Crippen LogP contribution in [-0.4, -0.2) is 41.0 Å². The summed E-state index contributed by atoms with van der Waals surface area (Å²) in [5.41, 5.74) is 6.19. The van der Waals surface area contributed by atoms with Gasteiger partial charge in [-0.05, 0) is 43.3 Å². The van der Waals surface area contributed by atoms with Crippen molar-refractivity contribution in [1.82, 2.24) is 35.1 Å². The van der Waals surface area contributed by atoms with Gasteiger partial charge in [-0.15, -0.1) is 11.3 Å². The van der Waals surface area contributed by atoms with Crippen LogP contribution < -0.4 is 5.32 Å². The number of hydrogen-bond acceptors (Lipinski definition) is 7. The molecule has 3 N–H and O–H groups in total. The second-order valence-corrected chi connectivity index (χ2v) is 11.2. The first kappa shape index (κ1) is 23.0. The van der Waals surface area contributed by atoms with Crippen molar-refractivity contribution in [1.29, 1.82) is 0 Å². The average Bonchev–Trinajstić information content (AvgIpc) is 3.60. The number of H-pyrrole nitrogens is 2. The summed E-state index contributed by atoms with van der Waals surface area (Å²) in [6.07, 6.45) is 5.12. The number of nitrogens with one attached hydrogen (secondary N) is 3. The first-order chi connectivity index (χ1) is 17.8. The number of aromatic nitrogens is 7. The lowest BCUT2D eigenvalue weighted by Crippen LogP contribution is -2.27. The number of nitrogens with zero attached hydrogens (tertiary/aromatic N) is 5. The maximum atomic E-state index is 12.4. The van der Waals surface area contributed by atoms with Gasteiger partial charge in [0, 0.05) is 38.7 Å². The fourth-order valence-corrected chi connectivity index (χ4v) is 4.90. The summed E-state index contributed by atoms with van der Waals surface area (Å²) in [5.74, 6) is 0.506. The van der Waals surface area contributed by atoms with E-state index in [-0.39, 0.29) is 5.91 Å². The second kappa shape index (κ2) is 8.59. The van der Waals surface area contributed by atoms with Gasteiger partial charge < -0.3 is 10.3 Å². The molecule has 9 nitrogen and oxygen atoms in total. The van der Waals surface area contributed by atoms with Crippen LogP contribution in [-0.2, 0) is 4.79 Å². The van der Waals surface area contributed by atoms with Crippen LogP contribution in [0.5, 0.6) is 0 Å². The lowest BCUT2D eigenvalue weighted by molar-refractivity contribution is -0.123. The van der Waals surface area contributed by atoms with Gasteiger partial charge in [0.1, 0.15) is 5.52 Å². The third-order valence-electron chi connectivity index (χ3n) is 6.00. The highest BCUT2D eigenvalue weighted by atomic mass is 32.1. The van der Waals surface area contributed by atoms with Gasteiger partial charge in [-0.3, -0.25) is 14.9 Å². The monoisotopic (exact) mass is 508 g/mol. The Kier molecular flexibility index (Phi) is 5.34. The van der Waals surface area contributed by atoms with Gasteiger partial charge in [0.15, 0.2) is 17.2 Å². The van der Waals surface area contributed by atoms with Crippen molar-refractivity contribution in [3.63, 3.8) is 0 Å². The molecule has 6 heterocycles. The summed E-state index contributed by atoms with van der Waals surface area (Å²) < 4.78 is 0. The first-order valence-electron chi connectivity index (χ1n) is 11.8. The molecule has 0 bridgehead atoms. The largest absolute Gasteiger partial charge is 0.335 e. The number of anilines is 1. The number of rotatable bonds is 4. The number of imidazole rings is 1. The Morgan fingerprint density at radius 1 is 1.05 bits per heavy atom. The molecule has 0 atom stereocenters. The maximum absolute atomic E-state index is 12.4. The standard InChI is InChI=1S/C27H24N8OS/c1-14-5-8-20(37-14)17-9-10-29-24-21(17)32-25(33-24)23-22-19(34-35-23)7-6-18(31-22)15-11-16(13-28-12-15)30-26(36)27(2,3)4/h5-13H,1-4H3,(H,30,36)(H,34,35)(H,29,32,33). The minimum atomic E-state index is -0.511. The van der Waals surface area contributed by atoms with Gasteiger partial charge in [0.2, 0.25) is 5.91 Å². The summed E-state index contributed by atoms with van der Waals surface area (Å²) in [6.45, 7) is 7.70. The van der Waals surface area contributed by atoms with E-state index in [1.165, 1.54) is 4.88 Å². The number of pyridine rings is 3. The number of amides is 1. The molecule has 0 spiro atoms. The van der Waals surface area contributed by atoms with Gasteiger partial charge in [-0.1, -0.05) is 20.8 Å². The van der Waals surface area contributed by atoms with Crippen LogP contribution in [0, 0.1) is 12.3 Å². The molecular weight excluding hydrogens is 484 g/mol. The van der Waals surface area contributed by atoms with Crippen LogP contribution in [0.15, 0.2) is 55.0 Å². The molecule has 6 aromatic heterocycles. The quantitative estimate of drug-likeness (QED) is 0.269. The number of aryl methyl sites for hydroxylation is 1. The Hall–Kier alpha value is -4.44. The highest BCUT2D eigenvalue weighted by molar-refractivity contribution is 7.15. The number of fused-ring (bicyclic) bond motifs is 2. The smallest absolute Gasteiger partial charge is 0.229 e. The van der Waals surface area contributed by atoms with Crippen LogP contribution >= 0.6 is 11.3 Å². The Bertz CT molecular complexity index is 1790. The third kappa shape index (κ3) is 4.25. The van der Waals surface area contributed by atoms with E-state index >= 15 is 0 Å². The van der Waals surface area contributed by atoms with Gasteiger partial charge in [-0.25, -0.2) is 15.0 Å². The molecule has 0 saturated heterocycles. The molecule has 0 aliphatic heterocycles. The number of hydrogen-bond donors (Lipinski definition) is 3. The molecule has 0 aliphatic rings. The van der Waals surface area contributed by atoms with Crippen LogP contribution in [0.1, 0.15) is 25.6 Å². The molecule has 10 heteroatoms. The van der Waals surface area contributed by atoms with E-state index < -0.39 is 5.41 Å². The summed E-state index contributed by atoms with van der Waals surface area (Å²) in [6, 6.07) is 11.9. The lowest BCUT2D eigenvalue weighted by atomic mass is 9.95. The topological polar surface area (TPSA) is 125 Å². The molecule has 6 rings (SSSR count). The van der Waals surface area contributed by atoms with Crippen LogP contribution in [0.3, 0.4) is 0 Å². The Balaban J connectivity index is 1.40. The molecule has 1 amide bonds. The fraction of sp³-hybridized carbons (Fsp3) is 0.185. The molecule has 0 radical (unpaired) electrons. The Morgan fingerprint density at radius 2 is 1.92 bits per heavy atom. The van der Waals surface area contributed by atoms with E-state index in [4.69, 9.17) is 9.97 Å². The van der Waals surface area contributed by atoms with Crippen molar-refractivity contribution in [2.24, 2.45) is 5.41 Å². The van der Waals surface area contributed by atoms with Crippen LogP contribution in [0.25, 0.3) is 55.4 Å². The van der Waals surface area contributed by atoms with E-state index in [1.807, 2.05) is 45.0 Å². The fourth-order valence-electron chi connectivity index (χ4n) is 4.00. The molecule has 0 aliphatic carbocycles. The molecule has 0 saturated carbocycles. The van der Waals surface area contributed by atoms with E-state index in [9.17, 15) is 4.79 Å². The van der Waals surface area contributed by atoms with E-state index in [1.54, 1.807) is 29.9 Å². The van der Waals surface area contributed by atoms with Gasteiger partial charge >= 0.3 is 0 Å². The number of carbonyl (C=O) groups is 1. The zero-order valence-corrected chi connectivity index (χ0v) is 21.6. The summed E-state index contributed by atoms with van der Waals surface area (Å²) in [5, 5.41) is 10.5. The van der Waals surface area contributed by atoms with Crippen molar-refractivity contribution in [3.05, 3.63) is 59.9 Å². The van der Waals surface area contributed by atoms with Gasteiger partial charge in [-0.2, -0.15) is 5.10 Å². The highest BCUT2D eigenvalue weighted by Crippen LogP contribution is 2.34. The van der Waals surface area contributed by atoms with Crippen LogP contribution in [0.2, 0.25) is 0 Å². The third-order valence-corrected chi connectivity index (χ3v) is 7.04. The second-order valence-electron chi connectivity index (χ2n) is 9.88. The zero-order valence-electron chi connectivity index (χ0n) is 20.7. The minimum absolute atomic E-state index is 0.0810. The molecule has 0 fully saturated rings. The summed E-state index contributed by atoms with van der Waals surface area (Å²) in [7, 11) is 0. The Labute approximate surface area is 216 Å². The SMILES string of the molecule is Cc1ccc(-c2ccnc3nc(-c4n[nH]c5ccc(-c6cncc(NC(=O)C(C)(C)C)c6)nc45)[nH]c23)s1. The molecule has 0 unspecified atom stereocenters. The van der Waals surface area contributed by atoms with Crippen molar-refractivity contribution < 1.29 is 4.79 Å². The Morgan fingerprint density at radius 3 is 2.70 bits per heavy atom. The van der Waals surface area contributed by atoms with E-state index in [0.29, 0.717) is 34.1 Å². The van der Waals surface area contributed by atoms with Gasteiger partial charge in [0.05, 0.1) is 28.6 Å². The van der Waals surface area contributed by atoms with Crippen molar-refractivity contribution >= 4 is 45.1 Å². The predicted molar refractivity (Wildman–Crippen MR) is 146 cm³/mol. The zero-order chi connectivity index (χ0) is 25.7. The summed E-state index contributed by atoms with van der Waals surface area (Å²) >= 11 is 1.73. The van der Waals surface area contributed by atoms with E-state index in [2.05, 4.69) is 49.5 Å². The van der Waals surface area contributed by atoms with E-state index in [0.717, 1.165) is 27.0 Å². The normalized spacial score (nSPS) is 11.9. The molecular formula is C27H24N8OS. The number of aromatic amines is 2. The average molecular weight is 509 g/mol. The lowest BCUT2D eigenvalue weighted by Gasteiger charge is -2.17. The van der Waals surface area contributed by atoms with Crippen LogP contribution in [0.4, 0.5) is 5.69 Å². The molecule has 184 valence electrons. The number of carbonyl (C=O) groups excluding carboxylic acids is 1. The molecule has 0 aromatic carbocycles. The number of thiophene rings is 1. The van der Waals surface area contributed by atoms with Crippen molar-refractivity contribution in [2.45, 2.75) is 27.7 Å². The van der Waals surface area contributed by atoms with Crippen molar-refractivity contribution in [2.75, 3.05) is 5.32 Å². The highest BCUT2D eigenvalue weighted by Gasteiger charge is 2.22. The van der Waals surface area contributed by atoms with Crippen molar-refractivity contribution in [3.8, 4) is 33.2 Å². The maximum Gasteiger partial charge on any atom is 0.229 e. The minimum Gasteiger partial charge on any atom is -0.335 e. The van der Waals surface area contributed by atoms with Gasteiger partial charge in [0.25, 0.3) is 0 Å². The summed E-state index contributed by atoms with van der Waals surface area (Å²) in [4.78, 5) is 36.6. The first-order valence-corrected chi connectivity index (χ1v) is 12.6. The molecule has 6 aromatic rings. The molecule has 37 heavy (non-hydrogen) atoms. The predicted octanol–water partition coefficient (Wildman–Crippen LogP) is 5.98.